The summed E-state index contributed by atoms with van der Waals surface area (Å²) in [7, 11) is 1.36. The molecule has 0 fully saturated rings. The highest BCUT2D eigenvalue weighted by atomic mass is 16.5. The average molecular weight is 227 g/mol. The van der Waals surface area contributed by atoms with E-state index in [1.54, 1.807) is 30.8 Å². The van der Waals surface area contributed by atoms with E-state index in [-0.39, 0.29) is 5.97 Å². The van der Waals surface area contributed by atoms with Crippen LogP contribution >= 0.6 is 0 Å². The molecule has 3 rings (SSSR count). The SMILES string of the molecule is COC(=O)c1cc2c3c(coc3c1)C=NC=C2. The Bertz CT molecular complexity index is 665. The first-order valence-corrected chi connectivity index (χ1v) is 5.13. The van der Waals surface area contributed by atoms with Crippen molar-refractivity contribution in [3.05, 3.63) is 41.3 Å². The summed E-state index contributed by atoms with van der Waals surface area (Å²) in [4.78, 5) is 15.6. The van der Waals surface area contributed by atoms with Crippen LogP contribution in [0.15, 0.2) is 34.0 Å². The number of benzene rings is 1. The van der Waals surface area contributed by atoms with Crippen molar-refractivity contribution in [2.75, 3.05) is 7.11 Å². The van der Waals surface area contributed by atoms with E-state index in [0.29, 0.717) is 11.1 Å². The molecular weight excluding hydrogens is 218 g/mol. The molecule has 0 radical (unpaired) electrons. The monoisotopic (exact) mass is 227 g/mol. The first-order chi connectivity index (χ1) is 8.29. The predicted octanol–water partition coefficient (Wildman–Crippen LogP) is 2.62. The summed E-state index contributed by atoms with van der Waals surface area (Å²) in [6, 6.07) is 3.46. The van der Waals surface area contributed by atoms with E-state index in [2.05, 4.69) is 4.99 Å². The minimum atomic E-state index is -0.375. The molecule has 0 saturated heterocycles. The zero-order chi connectivity index (χ0) is 11.8. The molecule has 1 aliphatic rings. The molecule has 0 saturated carbocycles. The zero-order valence-corrected chi connectivity index (χ0v) is 9.14. The number of hydrogen-bond acceptors (Lipinski definition) is 4. The number of carbonyl (C=O) groups excluding carboxylic acids is 1. The smallest absolute Gasteiger partial charge is 0.338 e. The van der Waals surface area contributed by atoms with E-state index >= 15 is 0 Å². The van der Waals surface area contributed by atoms with Crippen molar-refractivity contribution < 1.29 is 13.9 Å². The van der Waals surface area contributed by atoms with Gasteiger partial charge in [-0.15, -0.1) is 0 Å². The number of ether oxygens (including phenoxy) is 1. The van der Waals surface area contributed by atoms with Crippen LogP contribution in [-0.4, -0.2) is 19.3 Å². The summed E-state index contributed by atoms with van der Waals surface area (Å²) in [6.45, 7) is 0. The highest BCUT2D eigenvalue weighted by Crippen LogP contribution is 2.28. The molecule has 0 aliphatic carbocycles. The Kier molecular flexibility index (Phi) is 2.08. The first-order valence-electron chi connectivity index (χ1n) is 5.13. The van der Waals surface area contributed by atoms with Crippen LogP contribution in [0.4, 0.5) is 0 Å². The standard InChI is InChI=1S/C13H9NO3/c1-16-13(15)9-4-8-2-3-14-6-10-7-17-11(5-9)12(8)10/h2-7H,1H3. The van der Waals surface area contributed by atoms with Gasteiger partial charge in [-0.1, -0.05) is 0 Å². The van der Waals surface area contributed by atoms with Crippen molar-refractivity contribution in [2.45, 2.75) is 0 Å². The second-order valence-electron chi connectivity index (χ2n) is 3.72. The summed E-state index contributed by atoms with van der Waals surface area (Å²) in [5.41, 5.74) is 2.96. The van der Waals surface area contributed by atoms with E-state index < -0.39 is 0 Å². The van der Waals surface area contributed by atoms with Crippen LogP contribution in [-0.2, 0) is 4.74 Å². The molecule has 0 amide bonds. The lowest BCUT2D eigenvalue weighted by Gasteiger charge is -2.02. The van der Waals surface area contributed by atoms with Crippen LogP contribution in [0.3, 0.4) is 0 Å². The third-order valence-electron chi connectivity index (χ3n) is 2.71. The van der Waals surface area contributed by atoms with Gasteiger partial charge in [-0.25, -0.2) is 4.79 Å². The Labute approximate surface area is 97.2 Å². The van der Waals surface area contributed by atoms with Gasteiger partial charge in [0.25, 0.3) is 0 Å². The van der Waals surface area contributed by atoms with Gasteiger partial charge in [-0.3, -0.25) is 4.99 Å². The van der Waals surface area contributed by atoms with Gasteiger partial charge >= 0.3 is 5.97 Å². The highest BCUT2D eigenvalue weighted by molar-refractivity contribution is 6.06. The third-order valence-corrected chi connectivity index (χ3v) is 2.71. The van der Waals surface area contributed by atoms with Gasteiger partial charge in [0, 0.05) is 23.4 Å². The second-order valence-corrected chi connectivity index (χ2v) is 3.72. The molecule has 1 aromatic heterocycles. The summed E-state index contributed by atoms with van der Waals surface area (Å²) < 4.78 is 10.1. The Morgan fingerprint density at radius 2 is 2.24 bits per heavy atom. The van der Waals surface area contributed by atoms with Gasteiger partial charge in [-0.2, -0.15) is 0 Å². The molecule has 0 bridgehead atoms. The van der Waals surface area contributed by atoms with Crippen molar-refractivity contribution in [3.63, 3.8) is 0 Å². The van der Waals surface area contributed by atoms with Crippen molar-refractivity contribution in [1.29, 1.82) is 0 Å². The van der Waals surface area contributed by atoms with Gasteiger partial charge in [0.2, 0.25) is 0 Å². The lowest BCUT2D eigenvalue weighted by atomic mass is 10.0. The van der Waals surface area contributed by atoms with Gasteiger partial charge in [0.05, 0.1) is 12.7 Å². The van der Waals surface area contributed by atoms with E-state index in [1.807, 2.05) is 6.08 Å². The van der Waals surface area contributed by atoms with Crippen LogP contribution in [0, 0.1) is 0 Å². The van der Waals surface area contributed by atoms with Gasteiger partial charge in [-0.05, 0) is 23.8 Å². The average Bonchev–Trinajstić information content (AvgIpc) is 2.64. The molecule has 1 aromatic carbocycles. The fourth-order valence-corrected chi connectivity index (χ4v) is 1.93. The normalized spacial score (nSPS) is 12.8. The van der Waals surface area contributed by atoms with Crippen LogP contribution in [0.2, 0.25) is 0 Å². The number of rotatable bonds is 1. The summed E-state index contributed by atoms with van der Waals surface area (Å²) in [5, 5.41) is 0.968. The molecule has 2 aromatic rings. The Morgan fingerprint density at radius 3 is 3.06 bits per heavy atom. The maximum Gasteiger partial charge on any atom is 0.338 e. The second kappa shape index (κ2) is 3.59. The number of hydrogen-bond donors (Lipinski definition) is 0. The van der Waals surface area contributed by atoms with Crippen molar-refractivity contribution in [1.82, 2.24) is 0 Å². The highest BCUT2D eigenvalue weighted by Gasteiger charge is 2.14. The number of methoxy groups -OCH3 is 1. The molecule has 0 unspecified atom stereocenters. The number of nitrogens with zero attached hydrogens (tertiary/aromatic N) is 1. The van der Waals surface area contributed by atoms with E-state index in [4.69, 9.17) is 9.15 Å². The molecule has 4 nitrogen and oxygen atoms in total. The Balaban J connectivity index is 2.32. The van der Waals surface area contributed by atoms with Crippen molar-refractivity contribution in [3.8, 4) is 0 Å². The number of carbonyl (C=O) groups is 1. The molecule has 84 valence electrons. The predicted molar refractivity (Wildman–Crippen MR) is 64.2 cm³/mol. The lowest BCUT2D eigenvalue weighted by Crippen LogP contribution is -2.01. The number of aliphatic imine (C=N–C) groups is 1. The van der Waals surface area contributed by atoms with Crippen molar-refractivity contribution >= 4 is 29.2 Å². The Morgan fingerprint density at radius 1 is 1.35 bits per heavy atom. The summed E-state index contributed by atoms with van der Waals surface area (Å²) in [6.07, 6.45) is 6.90. The van der Waals surface area contributed by atoms with Crippen LogP contribution in [0.1, 0.15) is 21.5 Å². The molecular formula is C13H9NO3. The summed E-state index contributed by atoms with van der Waals surface area (Å²) in [5.74, 6) is -0.375. The maximum absolute atomic E-state index is 11.5. The maximum atomic E-state index is 11.5. The number of furan rings is 1. The van der Waals surface area contributed by atoms with Gasteiger partial charge < -0.3 is 9.15 Å². The topological polar surface area (TPSA) is 51.8 Å². The quantitative estimate of drug-likeness (QED) is 0.703. The van der Waals surface area contributed by atoms with Crippen LogP contribution in [0.5, 0.6) is 0 Å². The first kappa shape index (κ1) is 9.84. The molecule has 0 spiro atoms. The van der Waals surface area contributed by atoms with E-state index in [9.17, 15) is 4.79 Å². The molecule has 1 aliphatic heterocycles. The zero-order valence-electron chi connectivity index (χ0n) is 9.14. The van der Waals surface area contributed by atoms with E-state index in [0.717, 1.165) is 16.5 Å². The van der Waals surface area contributed by atoms with Gasteiger partial charge in [0.15, 0.2) is 0 Å². The third kappa shape index (κ3) is 1.45. The van der Waals surface area contributed by atoms with E-state index in [1.165, 1.54) is 7.11 Å². The molecule has 17 heavy (non-hydrogen) atoms. The molecule has 2 heterocycles. The summed E-state index contributed by atoms with van der Waals surface area (Å²) >= 11 is 0. The molecule has 0 N–H and O–H groups in total. The largest absolute Gasteiger partial charge is 0.465 e. The fourth-order valence-electron chi connectivity index (χ4n) is 1.93. The number of esters is 1. The van der Waals surface area contributed by atoms with Gasteiger partial charge in [0.1, 0.15) is 11.8 Å². The van der Waals surface area contributed by atoms with Crippen LogP contribution in [0.25, 0.3) is 17.0 Å². The van der Waals surface area contributed by atoms with Crippen LogP contribution < -0.4 is 0 Å². The minimum absolute atomic E-state index is 0.375. The van der Waals surface area contributed by atoms with Crippen molar-refractivity contribution in [2.24, 2.45) is 4.99 Å². The fraction of sp³-hybridized carbons (Fsp3) is 0.0769. The lowest BCUT2D eigenvalue weighted by molar-refractivity contribution is 0.0600. The Hall–Kier alpha value is -2.36. The molecule has 0 atom stereocenters. The minimum Gasteiger partial charge on any atom is -0.465 e. The molecule has 4 heteroatoms.